The fraction of sp³-hybridized carbons (Fsp3) is 0. The van der Waals surface area contributed by atoms with Crippen LogP contribution in [0.5, 0.6) is 0 Å². The van der Waals surface area contributed by atoms with E-state index in [2.05, 4.69) is 0 Å². The molecule has 0 fully saturated rings. The molecule has 0 aliphatic heterocycles. The summed E-state index contributed by atoms with van der Waals surface area (Å²) in [5.74, 6) is 0. The summed E-state index contributed by atoms with van der Waals surface area (Å²) in [4.78, 5) is 0. The summed E-state index contributed by atoms with van der Waals surface area (Å²) < 4.78 is 93.1. The molecule has 0 unspecified atom stereocenters. The average Bonchev–Trinajstić information content (AvgIpc) is 2.61. The molecule has 0 atom stereocenters. The van der Waals surface area contributed by atoms with Crippen LogP contribution in [0, 0.1) is 0 Å². The van der Waals surface area contributed by atoms with Crippen LogP contribution >= 0.6 is 0 Å². The van der Waals surface area contributed by atoms with E-state index in [4.69, 9.17) is 16.4 Å². The van der Waals surface area contributed by atoms with Gasteiger partial charge in [-0.15, -0.1) is 0 Å². The molecule has 2 rings (SSSR count). The Bertz CT molecular complexity index is 824. The van der Waals surface area contributed by atoms with E-state index < -0.39 is 83.7 Å². The summed E-state index contributed by atoms with van der Waals surface area (Å²) in [6.07, 6.45) is 0. The summed E-state index contributed by atoms with van der Waals surface area (Å²) in [7, 11) is 0. The van der Waals surface area contributed by atoms with Gasteiger partial charge in [0.1, 0.15) is 0 Å². The van der Waals surface area contributed by atoms with E-state index in [0.717, 1.165) is 0 Å². The van der Waals surface area contributed by atoms with Crippen LogP contribution in [0.4, 0.5) is 0 Å². The van der Waals surface area contributed by atoms with Gasteiger partial charge in [0.05, 0.1) is 16.4 Å². The monoisotopic (exact) mass is 192 g/mol. The maximum absolute atomic E-state index is 8.08. The highest BCUT2D eigenvalue weighted by molar-refractivity contribution is 5.69. The van der Waals surface area contributed by atoms with Crippen molar-refractivity contribution < 1.29 is 16.4 Å². The van der Waals surface area contributed by atoms with Crippen molar-refractivity contribution >= 4 is 12.1 Å². The highest BCUT2D eigenvalue weighted by Crippen LogP contribution is 2.06. The molecule has 0 nitrogen and oxygen atoms in total. The first-order valence-corrected chi connectivity index (χ1v) is 3.75. The Labute approximate surface area is 101 Å². The zero-order chi connectivity index (χ0) is 20.1. The number of hydrogen-bond donors (Lipinski definition) is 0. The lowest BCUT2D eigenvalue weighted by molar-refractivity contribution is 1.65. The third-order valence-corrected chi connectivity index (χ3v) is 1.31. The van der Waals surface area contributed by atoms with Gasteiger partial charge in [0.2, 0.25) is 0 Å². The standard InChI is InChI=1S/C14H12/c1-3-7-13(8-4-1)11-12-14-9-5-2-6-10-14/h1-12H/b12-11+/i1D,2D,3D,4D,5D,6D,7D,8D,9D,10D,11D,12D. The SMILES string of the molecule is [2H]/C(=C(/[2H])c1c([2H])c([2H])c([2H])c([2H])c1[2H])c1c([2H])c([2H])c([2H])c([2H])c1[2H]. The predicted octanol–water partition coefficient (Wildman–Crippen LogP) is 3.86. The Morgan fingerprint density at radius 2 is 1.07 bits per heavy atom. The molecule has 2 aromatic carbocycles. The molecule has 68 valence electrons. The first kappa shape index (κ1) is 2.40. The minimum atomic E-state index is -0.833. The van der Waals surface area contributed by atoms with E-state index in [1.165, 1.54) is 0 Å². The van der Waals surface area contributed by atoms with Crippen LogP contribution in [-0.4, -0.2) is 0 Å². The van der Waals surface area contributed by atoms with Gasteiger partial charge in [-0.25, -0.2) is 0 Å². The van der Waals surface area contributed by atoms with Crippen LogP contribution in [0.15, 0.2) is 60.4 Å². The lowest BCUT2D eigenvalue weighted by Gasteiger charge is -1.92. The molecule has 14 heavy (non-hydrogen) atoms. The van der Waals surface area contributed by atoms with Crippen molar-refractivity contribution in [1.29, 1.82) is 0 Å². The summed E-state index contributed by atoms with van der Waals surface area (Å²) >= 11 is 0. The zero-order valence-electron chi connectivity index (χ0n) is 19.0. The normalized spacial score (nSPS) is 24.0. The Morgan fingerprint density at radius 3 is 1.43 bits per heavy atom. The molecule has 0 aliphatic carbocycles. The van der Waals surface area contributed by atoms with Crippen LogP contribution in [-0.2, 0) is 0 Å². The molecule has 0 saturated heterocycles. The molecule has 0 amide bonds. The van der Waals surface area contributed by atoms with Crippen molar-refractivity contribution in [3.8, 4) is 0 Å². The number of hydrogen-bond acceptors (Lipinski definition) is 0. The molecular formula is C14H12. The molecule has 0 N–H and O–H groups in total. The molecule has 0 radical (unpaired) electrons. The maximum atomic E-state index is 8.08. The van der Waals surface area contributed by atoms with Crippen molar-refractivity contribution in [3.63, 3.8) is 0 Å². The van der Waals surface area contributed by atoms with Gasteiger partial charge in [-0.3, -0.25) is 0 Å². The van der Waals surface area contributed by atoms with E-state index in [9.17, 15) is 0 Å². The van der Waals surface area contributed by atoms with E-state index in [1.54, 1.807) is 0 Å². The van der Waals surface area contributed by atoms with Gasteiger partial charge in [-0.1, -0.05) is 72.5 Å². The quantitative estimate of drug-likeness (QED) is 0.634. The lowest BCUT2D eigenvalue weighted by Crippen LogP contribution is -1.70. The zero-order valence-corrected chi connectivity index (χ0v) is 7.00. The summed E-state index contributed by atoms with van der Waals surface area (Å²) in [5.41, 5.74) is -1.15. The molecule has 0 aromatic heterocycles. The van der Waals surface area contributed by atoms with E-state index in [0.29, 0.717) is 0 Å². The second-order valence-corrected chi connectivity index (χ2v) is 2.25. The van der Waals surface area contributed by atoms with Crippen molar-refractivity contribution in [2.45, 2.75) is 0 Å². The first-order valence-electron chi connectivity index (χ1n) is 9.75. The summed E-state index contributed by atoms with van der Waals surface area (Å²) in [5, 5.41) is 0. The first-order chi connectivity index (χ1) is 11.9. The number of rotatable bonds is 2. The van der Waals surface area contributed by atoms with Gasteiger partial charge in [-0.2, -0.15) is 0 Å². The molecule has 2 aromatic rings. The Morgan fingerprint density at radius 1 is 0.714 bits per heavy atom. The fourth-order valence-corrected chi connectivity index (χ4v) is 0.750. The van der Waals surface area contributed by atoms with Gasteiger partial charge < -0.3 is 0 Å². The highest BCUT2D eigenvalue weighted by atomic mass is 13.9. The smallest absolute Gasteiger partial charge is 0.0622 e. The number of benzene rings is 2. The fourth-order valence-electron chi connectivity index (χ4n) is 0.750. The molecule has 0 aliphatic rings. The lowest BCUT2D eigenvalue weighted by atomic mass is 10.1. The Balaban J connectivity index is 2.91. The molecule has 0 spiro atoms. The molecule has 0 heterocycles. The van der Waals surface area contributed by atoms with Crippen LogP contribution in [0.3, 0.4) is 0 Å². The van der Waals surface area contributed by atoms with Crippen molar-refractivity contribution in [2.75, 3.05) is 0 Å². The van der Waals surface area contributed by atoms with E-state index in [1.807, 2.05) is 0 Å². The van der Waals surface area contributed by atoms with Crippen LogP contribution in [0.1, 0.15) is 27.6 Å². The molecule has 0 bridgehead atoms. The largest absolute Gasteiger partial charge is 0.0629 e. The van der Waals surface area contributed by atoms with Crippen molar-refractivity contribution in [3.05, 3.63) is 71.6 Å². The van der Waals surface area contributed by atoms with Crippen LogP contribution in [0.2, 0.25) is 0 Å². The van der Waals surface area contributed by atoms with Crippen molar-refractivity contribution in [1.82, 2.24) is 0 Å². The third-order valence-electron chi connectivity index (χ3n) is 1.31. The third kappa shape index (κ3) is 2.33. The molecular weight excluding hydrogens is 168 g/mol. The molecule has 0 heteroatoms. The minimum Gasteiger partial charge on any atom is -0.0622 e. The van der Waals surface area contributed by atoms with Gasteiger partial charge in [0, 0.05) is 0 Å². The van der Waals surface area contributed by atoms with E-state index in [-0.39, 0.29) is 0 Å². The van der Waals surface area contributed by atoms with E-state index >= 15 is 0 Å². The second kappa shape index (κ2) is 4.43. The topological polar surface area (TPSA) is 0 Å². The second-order valence-electron chi connectivity index (χ2n) is 2.25. The molecule has 0 saturated carbocycles. The maximum Gasteiger partial charge on any atom is 0.0629 e. The van der Waals surface area contributed by atoms with Crippen LogP contribution in [0.25, 0.3) is 12.1 Å². The average molecular weight is 192 g/mol. The van der Waals surface area contributed by atoms with Gasteiger partial charge in [-0.05, 0) is 11.1 Å². The summed E-state index contributed by atoms with van der Waals surface area (Å²) in [6, 6.07) is -8.61. The van der Waals surface area contributed by atoms with Crippen molar-refractivity contribution in [2.24, 2.45) is 0 Å². The van der Waals surface area contributed by atoms with Crippen LogP contribution < -0.4 is 0 Å². The highest BCUT2D eigenvalue weighted by Gasteiger charge is 1.84. The Kier molecular flexibility index (Phi) is 0.759. The summed E-state index contributed by atoms with van der Waals surface area (Å²) in [6.45, 7) is 0. The van der Waals surface area contributed by atoms with Gasteiger partial charge in [0.15, 0.2) is 0 Å². The van der Waals surface area contributed by atoms with Gasteiger partial charge >= 0.3 is 0 Å². The Hall–Kier alpha value is -1.82. The predicted molar refractivity (Wildman–Crippen MR) is 61.8 cm³/mol. The van der Waals surface area contributed by atoms with Gasteiger partial charge in [0.25, 0.3) is 0 Å². The minimum absolute atomic E-state index is 0.576.